The second-order valence-electron chi connectivity index (χ2n) is 5.54. The quantitative estimate of drug-likeness (QED) is 0.754. The van der Waals surface area contributed by atoms with Gasteiger partial charge in [-0.1, -0.05) is 29.8 Å². The van der Waals surface area contributed by atoms with E-state index in [2.05, 4.69) is 5.32 Å². The fraction of sp³-hybridized carbons (Fsp3) is 0.353. The van der Waals surface area contributed by atoms with Gasteiger partial charge in [0.1, 0.15) is 0 Å². The summed E-state index contributed by atoms with van der Waals surface area (Å²) in [5.41, 5.74) is 1.28. The van der Waals surface area contributed by atoms with Crippen LogP contribution in [0.2, 0.25) is 5.02 Å². The zero-order chi connectivity index (χ0) is 18.6. The van der Waals surface area contributed by atoms with E-state index in [1.807, 2.05) is 0 Å². The van der Waals surface area contributed by atoms with Gasteiger partial charge < -0.3 is 15.2 Å². The summed E-state index contributed by atoms with van der Waals surface area (Å²) < 4.78 is 4.87. The van der Waals surface area contributed by atoms with Crippen LogP contribution in [0.1, 0.15) is 31.4 Å². The maximum absolute atomic E-state index is 12.5. The number of allylic oxidation sites excluding steroid dienone is 1. The SMILES string of the molecule is COC(=O)C1=C(C)N(CCCC(=O)O)C(=O)N[C@H]1c1ccccc1Cl. The molecule has 7 nitrogen and oxygen atoms in total. The summed E-state index contributed by atoms with van der Waals surface area (Å²) in [6.07, 6.45) is 0.198. The average Bonchev–Trinajstić information content (AvgIpc) is 2.57. The molecule has 0 aromatic heterocycles. The zero-order valence-electron chi connectivity index (χ0n) is 13.9. The molecule has 1 aromatic rings. The normalized spacial score (nSPS) is 17.3. The van der Waals surface area contributed by atoms with Crippen LogP contribution in [-0.2, 0) is 14.3 Å². The first-order chi connectivity index (χ1) is 11.9. The number of amides is 2. The van der Waals surface area contributed by atoms with Crippen LogP contribution in [0.25, 0.3) is 0 Å². The molecule has 0 spiro atoms. The lowest BCUT2D eigenvalue weighted by molar-refractivity contribution is -0.138. The Labute approximate surface area is 150 Å². The predicted octanol–water partition coefficient (Wildman–Crippen LogP) is 2.72. The number of halogens is 1. The number of rotatable bonds is 6. The summed E-state index contributed by atoms with van der Waals surface area (Å²) in [5.74, 6) is -1.52. The second-order valence-corrected chi connectivity index (χ2v) is 5.95. The summed E-state index contributed by atoms with van der Waals surface area (Å²) in [6, 6.07) is 5.76. The van der Waals surface area contributed by atoms with E-state index in [1.54, 1.807) is 31.2 Å². The Balaban J connectivity index is 2.41. The highest BCUT2D eigenvalue weighted by Gasteiger charge is 2.36. The van der Waals surface area contributed by atoms with Crippen molar-refractivity contribution < 1.29 is 24.2 Å². The minimum Gasteiger partial charge on any atom is -0.481 e. The van der Waals surface area contributed by atoms with Gasteiger partial charge in [-0.25, -0.2) is 9.59 Å². The number of carboxylic acid groups (broad SMARTS) is 1. The summed E-state index contributed by atoms with van der Waals surface area (Å²) in [6.45, 7) is 1.81. The first-order valence-corrected chi connectivity index (χ1v) is 8.08. The number of hydrogen-bond acceptors (Lipinski definition) is 4. The van der Waals surface area contributed by atoms with Gasteiger partial charge in [-0.2, -0.15) is 0 Å². The number of methoxy groups -OCH3 is 1. The van der Waals surface area contributed by atoms with Crippen LogP contribution >= 0.6 is 11.6 Å². The highest BCUT2D eigenvalue weighted by molar-refractivity contribution is 6.31. The molecular weight excluding hydrogens is 348 g/mol. The van der Waals surface area contributed by atoms with E-state index in [0.29, 0.717) is 16.3 Å². The fourth-order valence-corrected chi connectivity index (χ4v) is 3.00. The molecule has 0 aliphatic carbocycles. The van der Waals surface area contributed by atoms with Crippen molar-refractivity contribution in [2.75, 3.05) is 13.7 Å². The zero-order valence-corrected chi connectivity index (χ0v) is 14.7. The van der Waals surface area contributed by atoms with Gasteiger partial charge in [-0.05, 0) is 25.0 Å². The van der Waals surface area contributed by atoms with E-state index in [0.717, 1.165) is 0 Å². The van der Waals surface area contributed by atoms with E-state index in [-0.39, 0.29) is 25.0 Å². The lowest BCUT2D eigenvalue weighted by atomic mass is 9.94. The monoisotopic (exact) mass is 366 g/mol. The number of aliphatic carboxylic acids is 1. The minimum atomic E-state index is -0.943. The average molecular weight is 367 g/mol. The van der Waals surface area contributed by atoms with Gasteiger partial charge in [0.2, 0.25) is 0 Å². The summed E-state index contributed by atoms with van der Waals surface area (Å²) >= 11 is 6.22. The minimum absolute atomic E-state index is 0.0709. The molecule has 1 heterocycles. The summed E-state index contributed by atoms with van der Waals surface area (Å²) in [7, 11) is 1.26. The van der Waals surface area contributed by atoms with Crippen molar-refractivity contribution in [1.82, 2.24) is 10.2 Å². The number of benzene rings is 1. The van der Waals surface area contributed by atoms with Crippen molar-refractivity contribution in [3.05, 3.63) is 46.1 Å². The van der Waals surface area contributed by atoms with Gasteiger partial charge in [0.05, 0.1) is 18.7 Å². The standard InChI is InChI=1S/C17H19ClN2O5/c1-10-14(16(23)25-2)15(11-6-3-4-7-12(11)18)19-17(24)20(10)9-5-8-13(21)22/h3-4,6-7,15H,5,8-9H2,1-2H3,(H,19,24)(H,21,22)/t15-/m0/s1. The summed E-state index contributed by atoms with van der Waals surface area (Å²) in [5, 5.41) is 11.9. The molecule has 1 aliphatic rings. The van der Waals surface area contributed by atoms with Crippen molar-refractivity contribution >= 4 is 29.6 Å². The predicted molar refractivity (Wildman–Crippen MR) is 91.0 cm³/mol. The number of carbonyl (C=O) groups is 3. The smallest absolute Gasteiger partial charge is 0.337 e. The molecule has 1 atom stereocenters. The van der Waals surface area contributed by atoms with Gasteiger partial charge in [0.15, 0.2) is 0 Å². The van der Waals surface area contributed by atoms with E-state index in [4.69, 9.17) is 21.4 Å². The molecule has 2 N–H and O–H groups in total. The molecule has 0 saturated heterocycles. The molecule has 1 aromatic carbocycles. The highest BCUT2D eigenvalue weighted by atomic mass is 35.5. The van der Waals surface area contributed by atoms with E-state index in [9.17, 15) is 14.4 Å². The Morgan fingerprint density at radius 2 is 2.04 bits per heavy atom. The van der Waals surface area contributed by atoms with Gasteiger partial charge in [-0.15, -0.1) is 0 Å². The fourth-order valence-electron chi connectivity index (χ4n) is 2.76. The molecule has 8 heteroatoms. The number of carboxylic acids is 1. The Hall–Kier alpha value is -2.54. The topological polar surface area (TPSA) is 95.9 Å². The second kappa shape index (κ2) is 8.02. The molecule has 1 aliphatic heterocycles. The maximum Gasteiger partial charge on any atom is 0.337 e. The summed E-state index contributed by atoms with van der Waals surface area (Å²) in [4.78, 5) is 36.8. The third-order valence-corrected chi connectivity index (χ3v) is 4.33. The van der Waals surface area contributed by atoms with Crippen LogP contribution in [0.4, 0.5) is 4.79 Å². The lowest BCUT2D eigenvalue weighted by Gasteiger charge is -2.35. The van der Waals surface area contributed by atoms with Gasteiger partial charge in [0, 0.05) is 23.7 Å². The molecule has 0 saturated carbocycles. The van der Waals surface area contributed by atoms with Crippen LogP contribution in [0.3, 0.4) is 0 Å². The van der Waals surface area contributed by atoms with E-state index in [1.165, 1.54) is 12.0 Å². The van der Waals surface area contributed by atoms with E-state index < -0.39 is 24.0 Å². The molecule has 0 unspecified atom stereocenters. The van der Waals surface area contributed by atoms with Crippen molar-refractivity contribution in [3.8, 4) is 0 Å². The molecule has 134 valence electrons. The number of nitrogens with zero attached hydrogens (tertiary/aromatic N) is 1. The van der Waals surface area contributed by atoms with Gasteiger partial charge in [0.25, 0.3) is 0 Å². The Morgan fingerprint density at radius 3 is 2.64 bits per heavy atom. The van der Waals surface area contributed by atoms with Crippen LogP contribution < -0.4 is 5.32 Å². The van der Waals surface area contributed by atoms with Gasteiger partial charge >= 0.3 is 18.0 Å². The number of urea groups is 1. The number of esters is 1. The third kappa shape index (κ3) is 4.11. The van der Waals surface area contributed by atoms with Crippen LogP contribution in [-0.4, -0.2) is 41.6 Å². The molecule has 0 fully saturated rings. The Bertz CT molecular complexity index is 732. The Morgan fingerprint density at radius 1 is 1.36 bits per heavy atom. The van der Waals surface area contributed by atoms with Crippen molar-refractivity contribution in [2.24, 2.45) is 0 Å². The van der Waals surface area contributed by atoms with Crippen LogP contribution in [0, 0.1) is 0 Å². The number of ether oxygens (including phenoxy) is 1. The lowest BCUT2D eigenvalue weighted by Crippen LogP contribution is -2.48. The molecular formula is C17H19ClN2O5. The van der Waals surface area contributed by atoms with Crippen molar-refractivity contribution in [2.45, 2.75) is 25.8 Å². The molecule has 2 rings (SSSR count). The number of carbonyl (C=O) groups excluding carboxylic acids is 2. The number of nitrogens with one attached hydrogen (secondary N) is 1. The number of hydrogen-bond donors (Lipinski definition) is 2. The van der Waals surface area contributed by atoms with Crippen molar-refractivity contribution in [1.29, 1.82) is 0 Å². The highest BCUT2D eigenvalue weighted by Crippen LogP contribution is 2.34. The Kier molecular flexibility index (Phi) is 6.03. The largest absolute Gasteiger partial charge is 0.481 e. The molecule has 0 bridgehead atoms. The van der Waals surface area contributed by atoms with Crippen molar-refractivity contribution in [3.63, 3.8) is 0 Å². The first kappa shape index (κ1) is 18.8. The molecule has 2 amide bonds. The maximum atomic E-state index is 12.5. The van der Waals surface area contributed by atoms with Crippen LogP contribution in [0.15, 0.2) is 35.5 Å². The van der Waals surface area contributed by atoms with E-state index >= 15 is 0 Å². The first-order valence-electron chi connectivity index (χ1n) is 7.70. The van der Waals surface area contributed by atoms with Gasteiger partial charge in [-0.3, -0.25) is 9.69 Å². The molecule has 0 radical (unpaired) electrons. The van der Waals surface area contributed by atoms with Crippen LogP contribution in [0.5, 0.6) is 0 Å². The molecule has 25 heavy (non-hydrogen) atoms. The third-order valence-electron chi connectivity index (χ3n) is 3.99.